The van der Waals surface area contributed by atoms with Crippen molar-refractivity contribution in [2.24, 2.45) is 0 Å². The normalized spacial score (nSPS) is 16.8. The van der Waals surface area contributed by atoms with Gasteiger partial charge in [-0.25, -0.2) is 9.59 Å². The van der Waals surface area contributed by atoms with Gasteiger partial charge in [0.15, 0.2) is 11.9 Å². The molecule has 0 fully saturated rings. The number of carboxylic acid groups (broad SMARTS) is 2. The molecule has 0 radical (unpaired) electrons. The number of ketones is 1. The summed E-state index contributed by atoms with van der Waals surface area (Å²) in [6.45, 7) is 0.0366. The lowest BCUT2D eigenvalue weighted by Crippen LogP contribution is -2.50. The molecule has 4 unspecified atom stereocenters. The summed E-state index contributed by atoms with van der Waals surface area (Å²) < 4.78 is 8.01. The second kappa shape index (κ2) is 7.51. The van der Waals surface area contributed by atoms with Crippen LogP contribution in [0.3, 0.4) is 0 Å². The van der Waals surface area contributed by atoms with E-state index in [2.05, 4.69) is 9.47 Å². The highest BCUT2D eigenvalue weighted by molar-refractivity contribution is 5.83. The van der Waals surface area contributed by atoms with Crippen LogP contribution in [0.1, 0.15) is 6.92 Å². The predicted octanol–water partition coefficient (Wildman–Crippen LogP) is -1.58. The minimum atomic E-state index is -2.07. The molecule has 0 spiro atoms. The highest BCUT2D eigenvalue weighted by atomic mass is 16.7. The summed E-state index contributed by atoms with van der Waals surface area (Å²) in [5.41, 5.74) is 0. The number of aliphatic hydroxyl groups is 3. The number of aliphatic hydroxyl groups excluding tert-OH is 3. The molecular weight excluding hydrogens is 268 g/mol. The fraction of sp³-hybridized carbons (Fsp3) is 0.667. The van der Waals surface area contributed by atoms with Gasteiger partial charge < -0.3 is 35.0 Å². The Kier molecular flexibility index (Phi) is 6.75. The Bertz CT molecular complexity index is 340. The van der Waals surface area contributed by atoms with Gasteiger partial charge in [-0.1, -0.05) is 0 Å². The zero-order chi connectivity index (χ0) is 15.2. The van der Waals surface area contributed by atoms with Crippen LogP contribution in [-0.4, -0.2) is 74.6 Å². The molecule has 0 aromatic carbocycles. The van der Waals surface area contributed by atoms with Crippen molar-refractivity contribution in [1.82, 2.24) is 0 Å². The van der Waals surface area contributed by atoms with Gasteiger partial charge in [0.05, 0.1) is 0 Å². The average molecular weight is 282 g/mol. The Labute approximate surface area is 106 Å². The number of hydrogen-bond acceptors (Lipinski definition) is 8. The highest BCUT2D eigenvalue weighted by Crippen LogP contribution is 2.10. The molecule has 0 saturated heterocycles. The lowest BCUT2D eigenvalue weighted by molar-refractivity contribution is -0.148. The zero-order valence-corrected chi connectivity index (χ0v) is 9.79. The Morgan fingerprint density at radius 1 is 1.00 bits per heavy atom. The number of carbonyl (C=O) groups is 3. The third-order valence-corrected chi connectivity index (χ3v) is 2.06. The van der Waals surface area contributed by atoms with E-state index in [1.165, 1.54) is 0 Å². The average Bonchev–Trinajstić information content (AvgIpc) is 2.30. The van der Waals surface area contributed by atoms with E-state index in [1.54, 1.807) is 0 Å². The molecule has 5 N–H and O–H groups in total. The standard InChI is InChI=1S/C9H14O10/c1-3(10)7(19-9(16)17)6(13)5(12)4(11)2-18-8(14)15/h4-7,11-13H,2H2,1H3,(H,14,15)(H,16,17). The van der Waals surface area contributed by atoms with Gasteiger partial charge in [0.1, 0.15) is 24.9 Å². The summed E-state index contributed by atoms with van der Waals surface area (Å²) in [6, 6.07) is 0. The van der Waals surface area contributed by atoms with Crippen molar-refractivity contribution in [2.45, 2.75) is 31.3 Å². The van der Waals surface area contributed by atoms with Gasteiger partial charge in [0, 0.05) is 0 Å². The first-order valence-electron chi connectivity index (χ1n) is 4.96. The van der Waals surface area contributed by atoms with Gasteiger partial charge in [0.2, 0.25) is 0 Å². The van der Waals surface area contributed by atoms with E-state index in [4.69, 9.17) is 10.2 Å². The van der Waals surface area contributed by atoms with Gasteiger partial charge >= 0.3 is 12.3 Å². The highest BCUT2D eigenvalue weighted by Gasteiger charge is 2.37. The van der Waals surface area contributed by atoms with E-state index in [-0.39, 0.29) is 0 Å². The number of hydrogen-bond donors (Lipinski definition) is 5. The van der Waals surface area contributed by atoms with Crippen LogP contribution in [0.25, 0.3) is 0 Å². The van der Waals surface area contributed by atoms with Crippen LogP contribution in [0.2, 0.25) is 0 Å². The van der Waals surface area contributed by atoms with E-state index >= 15 is 0 Å². The summed E-state index contributed by atoms with van der Waals surface area (Å²) in [4.78, 5) is 31.4. The molecule has 0 heterocycles. The Hall–Kier alpha value is -1.91. The van der Waals surface area contributed by atoms with Crippen molar-refractivity contribution in [3.05, 3.63) is 0 Å². The Balaban J connectivity index is 4.64. The molecule has 19 heavy (non-hydrogen) atoms. The molecule has 10 heteroatoms. The second-order valence-electron chi connectivity index (χ2n) is 3.54. The molecule has 0 aromatic rings. The largest absolute Gasteiger partial charge is 0.506 e. The van der Waals surface area contributed by atoms with Crippen molar-refractivity contribution in [3.8, 4) is 0 Å². The van der Waals surface area contributed by atoms with Crippen molar-refractivity contribution in [1.29, 1.82) is 0 Å². The minimum absolute atomic E-state index is 0.870. The van der Waals surface area contributed by atoms with Crippen molar-refractivity contribution in [2.75, 3.05) is 6.61 Å². The number of Topliss-reactive ketones (excluding diaryl/α,β-unsaturated/α-hetero) is 1. The molecule has 4 atom stereocenters. The van der Waals surface area contributed by atoms with Gasteiger partial charge in [-0.3, -0.25) is 4.79 Å². The number of ether oxygens (including phenoxy) is 2. The molecule has 0 aliphatic carbocycles. The van der Waals surface area contributed by atoms with Crippen LogP contribution < -0.4 is 0 Å². The zero-order valence-electron chi connectivity index (χ0n) is 9.79. The van der Waals surface area contributed by atoms with Crippen LogP contribution >= 0.6 is 0 Å². The fourth-order valence-corrected chi connectivity index (χ4v) is 1.16. The molecular formula is C9H14O10. The smallest absolute Gasteiger partial charge is 0.450 e. The van der Waals surface area contributed by atoms with Crippen LogP contribution in [0.5, 0.6) is 0 Å². The molecule has 110 valence electrons. The first kappa shape index (κ1) is 17.1. The van der Waals surface area contributed by atoms with E-state index in [0.29, 0.717) is 0 Å². The predicted molar refractivity (Wildman–Crippen MR) is 55.6 cm³/mol. The monoisotopic (exact) mass is 282 g/mol. The van der Waals surface area contributed by atoms with Crippen LogP contribution in [0.15, 0.2) is 0 Å². The molecule has 0 amide bonds. The molecule has 0 aliphatic rings. The van der Waals surface area contributed by atoms with Crippen molar-refractivity contribution in [3.63, 3.8) is 0 Å². The van der Waals surface area contributed by atoms with Crippen molar-refractivity contribution < 1.29 is 49.4 Å². The van der Waals surface area contributed by atoms with E-state index in [1.807, 2.05) is 0 Å². The van der Waals surface area contributed by atoms with Crippen molar-refractivity contribution >= 4 is 18.1 Å². The Morgan fingerprint density at radius 3 is 1.89 bits per heavy atom. The van der Waals surface area contributed by atoms with E-state index < -0.39 is 49.1 Å². The summed E-state index contributed by atoms with van der Waals surface area (Å²) in [5, 5.41) is 44.7. The molecule has 0 rings (SSSR count). The first-order chi connectivity index (χ1) is 8.66. The van der Waals surface area contributed by atoms with Gasteiger partial charge in [-0.05, 0) is 6.92 Å². The maximum atomic E-state index is 11.0. The van der Waals surface area contributed by atoms with E-state index in [9.17, 15) is 29.7 Å². The summed E-state index contributed by atoms with van der Waals surface area (Å²) >= 11 is 0. The maximum Gasteiger partial charge on any atom is 0.506 e. The third-order valence-electron chi connectivity index (χ3n) is 2.06. The van der Waals surface area contributed by atoms with E-state index in [0.717, 1.165) is 6.92 Å². The maximum absolute atomic E-state index is 11.0. The lowest BCUT2D eigenvalue weighted by atomic mass is 10.0. The van der Waals surface area contributed by atoms with Gasteiger partial charge in [-0.15, -0.1) is 0 Å². The Morgan fingerprint density at radius 2 is 1.53 bits per heavy atom. The molecule has 10 nitrogen and oxygen atoms in total. The van der Waals surface area contributed by atoms with Crippen LogP contribution in [-0.2, 0) is 14.3 Å². The summed E-state index contributed by atoms with van der Waals surface area (Å²) in [5.74, 6) is -0.902. The molecule has 0 bridgehead atoms. The first-order valence-corrected chi connectivity index (χ1v) is 4.96. The molecule has 0 saturated carbocycles. The van der Waals surface area contributed by atoms with Crippen LogP contribution in [0.4, 0.5) is 9.59 Å². The fourth-order valence-electron chi connectivity index (χ4n) is 1.16. The minimum Gasteiger partial charge on any atom is -0.450 e. The van der Waals surface area contributed by atoms with Gasteiger partial charge in [0.25, 0.3) is 0 Å². The van der Waals surface area contributed by atoms with Gasteiger partial charge in [-0.2, -0.15) is 0 Å². The third kappa shape index (κ3) is 5.99. The summed E-state index contributed by atoms with van der Waals surface area (Å²) in [6.07, 6.45) is -11.4. The number of rotatable bonds is 7. The second-order valence-corrected chi connectivity index (χ2v) is 3.54. The lowest BCUT2D eigenvalue weighted by Gasteiger charge is -2.26. The number of carbonyl (C=O) groups excluding carboxylic acids is 1. The molecule has 0 aliphatic heterocycles. The SMILES string of the molecule is CC(=O)C(OC(=O)O)C(O)C(O)C(O)COC(=O)O. The molecule has 0 aromatic heterocycles. The van der Waals surface area contributed by atoms with Crippen LogP contribution in [0, 0.1) is 0 Å². The quantitative estimate of drug-likeness (QED) is 0.343. The topological polar surface area (TPSA) is 171 Å². The summed E-state index contributed by atoms with van der Waals surface area (Å²) in [7, 11) is 0.